The van der Waals surface area contributed by atoms with Crippen molar-refractivity contribution in [2.45, 2.75) is 25.7 Å². The van der Waals surface area contributed by atoms with Gasteiger partial charge >= 0.3 is 0 Å². The van der Waals surface area contributed by atoms with E-state index in [1.165, 1.54) is 0 Å². The topological polar surface area (TPSA) is 78.0 Å². The molecule has 4 amide bonds. The molecule has 0 aromatic heterocycles. The molecule has 2 aromatic rings. The third-order valence-electron chi connectivity index (χ3n) is 6.25. The van der Waals surface area contributed by atoms with Crippen molar-refractivity contribution in [3.8, 4) is 0 Å². The predicted octanol–water partition coefficient (Wildman–Crippen LogP) is 2.96. The van der Waals surface area contributed by atoms with Crippen molar-refractivity contribution < 1.29 is 19.2 Å². The highest BCUT2D eigenvalue weighted by molar-refractivity contribution is 6.34. The van der Waals surface area contributed by atoms with Crippen LogP contribution in [0.5, 0.6) is 0 Å². The maximum Gasteiger partial charge on any atom is 0.266 e. The first-order valence-corrected chi connectivity index (χ1v) is 10.8. The van der Waals surface area contributed by atoms with Gasteiger partial charge in [-0.2, -0.15) is 0 Å². The summed E-state index contributed by atoms with van der Waals surface area (Å²) < 4.78 is 0. The zero-order chi connectivity index (χ0) is 21.5. The van der Waals surface area contributed by atoms with E-state index in [9.17, 15) is 19.2 Å². The molecule has 0 N–H and O–H groups in total. The lowest BCUT2D eigenvalue weighted by Crippen LogP contribution is -2.32. The van der Waals surface area contributed by atoms with Crippen LogP contribution in [0.2, 0.25) is 0 Å². The number of anilines is 1. The first kappa shape index (κ1) is 19.5. The van der Waals surface area contributed by atoms with Gasteiger partial charge < -0.3 is 9.80 Å². The minimum atomic E-state index is -0.439. The van der Waals surface area contributed by atoms with Gasteiger partial charge in [-0.15, -0.1) is 0 Å². The first-order valence-electron chi connectivity index (χ1n) is 10.8. The van der Waals surface area contributed by atoms with Crippen LogP contribution < -0.4 is 4.90 Å². The van der Waals surface area contributed by atoms with Crippen molar-refractivity contribution in [2.75, 3.05) is 31.1 Å². The Morgan fingerprint density at radius 1 is 0.645 bits per heavy atom. The van der Waals surface area contributed by atoms with E-state index in [2.05, 4.69) is 0 Å². The van der Waals surface area contributed by atoms with Crippen molar-refractivity contribution in [1.82, 2.24) is 9.80 Å². The third-order valence-corrected chi connectivity index (χ3v) is 6.25. The van der Waals surface area contributed by atoms with Crippen LogP contribution in [0.1, 0.15) is 67.1 Å². The smallest absolute Gasteiger partial charge is 0.266 e. The quantitative estimate of drug-likeness (QED) is 0.720. The summed E-state index contributed by atoms with van der Waals surface area (Å²) in [6, 6.07) is 11.4. The first-order chi connectivity index (χ1) is 15.0. The maximum absolute atomic E-state index is 13.1. The molecule has 2 saturated heterocycles. The van der Waals surface area contributed by atoms with E-state index in [0.717, 1.165) is 30.6 Å². The zero-order valence-corrected chi connectivity index (χ0v) is 17.2. The van der Waals surface area contributed by atoms with Crippen LogP contribution in [0.4, 0.5) is 5.69 Å². The second kappa shape index (κ2) is 7.65. The minimum Gasteiger partial charge on any atom is -0.339 e. The lowest BCUT2D eigenvalue weighted by Gasteiger charge is -2.21. The third kappa shape index (κ3) is 3.30. The Hall–Kier alpha value is -3.48. The van der Waals surface area contributed by atoms with Crippen LogP contribution in [-0.2, 0) is 0 Å². The standard InChI is InChI=1S/C24H23N3O4/c28-21(25-9-3-4-10-25)16-13-17(22(29)26-11-5-6-12-26)15-18(14-16)27-23(30)19-7-1-2-8-20(19)24(27)31/h1-2,7-8,13-15H,3-6,9-12H2. The zero-order valence-electron chi connectivity index (χ0n) is 17.2. The Bertz CT molecular complexity index is 1020. The maximum atomic E-state index is 13.1. The highest BCUT2D eigenvalue weighted by Gasteiger charge is 2.37. The number of carbonyl (C=O) groups is 4. The van der Waals surface area contributed by atoms with E-state index in [4.69, 9.17) is 0 Å². The number of fused-ring (bicyclic) bond motifs is 1. The molecular weight excluding hydrogens is 394 g/mol. The lowest BCUT2D eigenvalue weighted by molar-refractivity contribution is 0.0788. The van der Waals surface area contributed by atoms with E-state index in [1.54, 1.807) is 52.3 Å². The van der Waals surface area contributed by atoms with Crippen LogP contribution in [0.3, 0.4) is 0 Å². The lowest BCUT2D eigenvalue weighted by atomic mass is 10.1. The summed E-state index contributed by atoms with van der Waals surface area (Å²) in [7, 11) is 0. The van der Waals surface area contributed by atoms with Gasteiger partial charge in [-0.25, -0.2) is 4.90 Å². The average molecular weight is 417 g/mol. The highest BCUT2D eigenvalue weighted by Crippen LogP contribution is 2.31. The minimum absolute atomic E-state index is 0.175. The van der Waals surface area contributed by atoms with Crippen molar-refractivity contribution >= 4 is 29.3 Å². The highest BCUT2D eigenvalue weighted by atomic mass is 16.2. The van der Waals surface area contributed by atoms with Gasteiger partial charge in [0.25, 0.3) is 23.6 Å². The Balaban J connectivity index is 1.58. The normalized spacial score (nSPS) is 18.1. The second-order valence-corrected chi connectivity index (χ2v) is 8.26. The average Bonchev–Trinajstić information content (AvgIpc) is 3.55. The molecule has 3 aliphatic heterocycles. The van der Waals surface area contributed by atoms with Crippen molar-refractivity contribution in [3.05, 3.63) is 64.7 Å². The molecule has 31 heavy (non-hydrogen) atoms. The molecule has 7 heteroatoms. The Kier molecular flexibility index (Phi) is 4.81. The molecule has 0 atom stereocenters. The monoisotopic (exact) mass is 417 g/mol. The van der Waals surface area contributed by atoms with Gasteiger partial charge in [0, 0.05) is 37.3 Å². The number of hydrogen-bond acceptors (Lipinski definition) is 4. The van der Waals surface area contributed by atoms with Gasteiger partial charge in [-0.05, 0) is 56.0 Å². The van der Waals surface area contributed by atoms with Gasteiger partial charge in [0.05, 0.1) is 16.8 Å². The van der Waals surface area contributed by atoms with Crippen molar-refractivity contribution in [1.29, 1.82) is 0 Å². The fourth-order valence-electron chi connectivity index (χ4n) is 4.62. The van der Waals surface area contributed by atoms with Gasteiger partial charge in [0.1, 0.15) is 0 Å². The largest absolute Gasteiger partial charge is 0.339 e. The molecule has 0 bridgehead atoms. The molecule has 2 aromatic carbocycles. The number of benzene rings is 2. The fraction of sp³-hybridized carbons (Fsp3) is 0.333. The van der Waals surface area contributed by atoms with E-state index in [1.807, 2.05) is 0 Å². The van der Waals surface area contributed by atoms with Crippen LogP contribution >= 0.6 is 0 Å². The fourth-order valence-corrected chi connectivity index (χ4v) is 4.62. The Labute approximate surface area is 180 Å². The molecule has 2 fully saturated rings. The number of amides is 4. The van der Waals surface area contributed by atoms with Crippen LogP contribution in [0.25, 0.3) is 0 Å². The number of carbonyl (C=O) groups excluding carboxylic acids is 4. The molecule has 3 heterocycles. The predicted molar refractivity (Wildman–Crippen MR) is 114 cm³/mol. The van der Waals surface area contributed by atoms with Crippen molar-refractivity contribution in [2.24, 2.45) is 0 Å². The summed E-state index contributed by atoms with van der Waals surface area (Å²) in [4.78, 5) is 56.8. The molecular formula is C24H23N3O4. The Morgan fingerprint density at radius 2 is 1.06 bits per heavy atom. The van der Waals surface area contributed by atoms with Crippen LogP contribution in [-0.4, -0.2) is 59.6 Å². The molecule has 0 aliphatic carbocycles. The summed E-state index contributed by atoms with van der Waals surface area (Å²) in [6.07, 6.45) is 3.79. The van der Waals surface area contributed by atoms with E-state index in [-0.39, 0.29) is 17.5 Å². The molecule has 5 rings (SSSR count). The molecule has 158 valence electrons. The van der Waals surface area contributed by atoms with Gasteiger partial charge in [-0.1, -0.05) is 12.1 Å². The van der Waals surface area contributed by atoms with Crippen molar-refractivity contribution in [3.63, 3.8) is 0 Å². The summed E-state index contributed by atoms with van der Waals surface area (Å²) >= 11 is 0. The molecule has 0 saturated carbocycles. The van der Waals surface area contributed by atoms with E-state index in [0.29, 0.717) is 48.4 Å². The number of rotatable bonds is 3. The van der Waals surface area contributed by atoms with Gasteiger partial charge in [0.15, 0.2) is 0 Å². The number of nitrogens with zero attached hydrogens (tertiary/aromatic N) is 3. The molecule has 0 unspecified atom stereocenters. The molecule has 7 nitrogen and oxygen atoms in total. The van der Waals surface area contributed by atoms with Crippen LogP contribution in [0.15, 0.2) is 42.5 Å². The summed E-state index contributed by atoms with van der Waals surface area (Å²) in [6.45, 7) is 2.69. The Morgan fingerprint density at radius 3 is 1.48 bits per heavy atom. The van der Waals surface area contributed by atoms with Gasteiger partial charge in [-0.3, -0.25) is 19.2 Å². The summed E-state index contributed by atoms with van der Waals surface area (Å²) in [5, 5.41) is 0. The SMILES string of the molecule is O=C(c1cc(C(=O)N2CCCC2)cc(N2C(=O)c3ccccc3C2=O)c1)N1CCCC1. The second-order valence-electron chi connectivity index (χ2n) is 8.26. The van der Waals surface area contributed by atoms with Crippen LogP contribution in [0, 0.1) is 0 Å². The number of likely N-dealkylation sites (tertiary alicyclic amines) is 2. The van der Waals surface area contributed by atoms with E-state index >= 15 is 0 Å². The number of imide groups is 1. The molecule has 3 aliphatic rings. The van der Waals surface area contributed by atoms with Gasteiger partial charge in [0.2, 0.25) is 0 Å². The number of hydrogen-bond donors (Lipinski definition) is 0. The van der Waals surface area contributed by atoms with E-state index < -0.39 is 11.8 Å². The molecule has 0 spiro atoms. The summed E-state index contributed by atoms with van der Waals surface area (Å²) in [5.74, 6) is -1.23. The summed E-state index contributed by atoms with van der Waals surface area (Å²) in [5.41, 5.74) is 1.59. The molecule has 0 radical (unpaired) electrons.